The summed E-state index contributed by atoms with van der Waals surface area (Å²) in [6.45, 7) is 8.72. The van der Waals surface area contributed by atoms with Gasteiger partial charge in [-0.15, -0.1) is 0 Å². The fourth-order valence-electron chi connectivity index (χ4n) is 2.37. The van der Waals surface area contributed by atoms with E-state index >= 15 is 0 Å². The summed E-state index contributed by atoms with van der Waals surface area (Å²) >= 11 is 0. The SMILES string of the molecule is CC(C)Cc1ccc(C(O)CNC(C)CC(C)O)cc1. The molecule has 0 saturated carbocycles. The van der Waals surface area contributed by atoms with Crippen molar-refractivity contribution in [3.8, 4) is 0 Å². The van der Waals surface area contributed by atoms with Gasteiger partial charge in [-0.05, 0) is 43.7 Å². The van der Waals surface area contributed by atoms with Crippen LogP contribution in [0.4, 0.5) is 0 Å². The topological polar surface area (TPSA) is 52.5 Å². The van der Waals surface area contributed by atoms with Crippen molar-refractivity contribution in [2.75, 3.05) is 6.54 Å². The van der Waals surface area contributed by atoms with Crippen molar-refractivity contribution in [3.05, 3.63) is 35.4 Å². The Morgan fingerprint density at radius 1 is 1.00 bits per heavy atom. The second-order valence-corrected chi connectivity index (χ2v) is 6.25. The van der Waals surface area contributed by atoms with Gasteiger partial charge >= 0.3 is 0 Å². The molecule has 0 aliphatic carbocycles. The van der Waals surface area contributed by atoms with E-state index in [0.717, 1.165) is 12.0 Å². The van der Waals surface area contributed by atoms with Gasteiger partial charge in [0, 0.05) is 12.6 Å². The van der Waals surface area contributed by atoms with Gasteiger partial charge in [0.15, 0.2) is 0 Å². The molecule has 0 bridgehead atoms. The molecule has 0 heterocycles. The van der Waals surface area contributed by atoms with Crippen molar-refractivity contribution in [1.29, 1.82) is 0 Å². The second-order valence-electron chi connectivity index (χ2n) is 6.25. The third-order valence-corrected chi connectivity index (χ3v) is 3.36. The van der Waals surface area contributed by atoms with Crippen molar-refractivity contribution in [2.45, 2.75) is 58.8 Å². The van der Waals surface area contributed by atoms with E-state index in [1.54, 1.807) is 6.92 Å². The molecule has 3 atom stereocenters. The Morgan fingerprint density at radius 2 is 1.60 bits per heavy atom. The van der Waals surface area contributed by atoms with E-state index in [0.29, 0.717) is 18.9 Å². The van der Waals surface area contributed by atoms with Gasteiger partial charge in [0.05, 0.1) is 12.2 Å². The van der Waals surface area contributed by atoms with Gasteiger partial charge in [0.1, 0.15) is 0 Å². The Hall–Kier alpha value is -0.900. The van der Waals surface area contributed by atoms with Crippen LogP contribution in [-0.2, 0) is 6.42 Å². The van der Waals surface area contributed by atoms with Crippen molar-refractivity contribution in [3.63, 3.8) is 0 Å². The highest BCUT2D eigenvalue weighted by atomic mass is 16.3. The predicted molar refractivity (Wildman–Crippen MR) is 83.7 cm³/mol. The monoisotopic (exact) mass is 279 g/mol. The molecule has 114 valence electrons. The molecule has 0 spiro atoms. The smallest absolute Gasteiger partial charge is 0.0914 e. The fourth-order valence-corrected chi connectivity index (χ4v) is 2.37. The van der Waals surface area contributed by atoms with Gasteiger partial charge in [-0.25, -0.2) is 0 Å². The summed E-state index contributed by atoms with van der Waals surface area (Å²) < 4.78 is 0. The van der Waals surface area contributed by atoms with Crippen molar-refractivity contribution in [1.82, 2.24) is 5.32 Å². The zero-order chi connectivity index (χ0) is 15.1. The summed E-state index contributed by atoms with van der Waals surface area (Å²) in [5.74, 6) is 0.647. The molecule has 0 aliphatic rings. The average Bonchev–Trinajstić information content (AvgIpc) is 2.35. The first-order chi connectivity index (χ1) is 9.38. The van der Waals surface area contributed by atoms with Gasteiger partial charge in [0.25, 0.3) is 0 Å². The number of nitrogens with one attached hydrogen (secondary N) is 1. The summed E-state index contributed by atoms with van der Waals surface area (Å²) in [7, 11) is 0. The molecule has 3 nitrogen and oxygen atoms in total. The minimum absolute atomic E-state index is 0.199. The summed E-state index contributed by atoms with van der Waals surface area (Å²) in [5.41, 5.74) is 2.25. The predicted octanol–water partition coefficient (Wildman–Crippen LogP) is 2.67. The average molecular weight is 279 g/mol. The first-order valence-electron chi connectivity index (χ1n) is 7.56. The van der Waals surface area contributed by atoms with Crippen LogP contribution < -0.4 is 5.32 Å². The maximum Gasteiger partial charge on any atom is 0.0914 e. The van der Waals surface area contributed by atoms with Crippen LogP contribution >= 0.6 is 0 Å². The number of aliphatic hydroxyl groups excluding tert-OH is 2. The summed E-state index contributed by atoms with van der Waals surface area (Å²) in [6, 6.07) is 8.40. The molecular weight excluding hydrogens is 250 g/mol. The molecule has 1 aromatic rings. The van der Waals surface area contributed by atoms with E-state index in [1.165, 1.54) is 5.56 Å². The summed E-state index contributed by atoms with van der Waals surface area (Å²) in [6.07, 6.45) is 0.949. The number of rotatable bonds is 8. The normalized spacial score (nSPS) is 16.1. The molecule has 1 aromatic carbocycles. The van der Waals surface area contributed by atoms with E-state index in [1.807, 2.05) is 19.1 Å². The first kappa shape index (κ1) is 17.2. The highest BCUT2D eigenvalue weighted by Crippen LogP contribution is 2.15. The molecule has 3 unspecified atom stereocenters. The molecule has 0 aromatic heterocycles. The summed E-state index contributed by atoms with van der Waals surface area (Å²) in [5, 5.41) is 22.7. The largest absolute Gasteiger partial charge is 0.393 e. The molecule has 0 amide bonds. The van der Waals surface area contributed by atoms with Gasteiger partial charge in [0.2, 0.25) is 0 Å². The van der Waals surface area contributed by atoms with Gasteiger partial charge < -0.3 is 15.5 Å². The standard InChI is InChI=1S/C17H29NO2/c1-12(2)9-15-5-7-16(8-6-15)17(20)11-18-13(3)10-14(4)19/h5-8,12-14,17-20H,9-11H2,1-4H3. The lowest BCUT2D eigenvalue weighted by atomic mass is 10.00. The van der Waals surface area contributed by atoms with Gasteiger partial charge in [-0.3, -0.25) is 0 Å². The number of hydrogen-bond acceptors (Lipinski definition) is 3. The van der Waals surface area contributed by atoms with E-state index in [2.05, 4.69) is 31.3 Å². The fraction of sp³-hybridized carbons (Fsp3) is 0.647. The third kappa shape index (κ3) is 6.51. The Labute approximate surface area is 123 Å². The first-order valence-corrected chi connectivity index (χ1v) is 7.56. The Morgan fingerprint density at radius 3 is 2.10 bits per heavy atom. The number of aliphatic hydroxyl groups is 2. The van der Waals surface area contributed by atoms with Crippen molar-refractivity contribution in [2.24, 2.45) is 5.92 Å². The zero-order valence-electron chi connectivity index (χ0n) is 13.1. The maximum absolute atomic E-state index is 10.2. The molecule has 3 N–H and O–H groups in total. The Balaban J connectivity index is 2.45. The lowest BCUT2D eigenvalue weighted by Gasteiger charge is -2.18. The van der Waals surface area contributed by atoms with Crippen LogP contribution in [0.2, 0.25) is 0 Å². The van der Waals surface area contributed by atoms with Gasteiger partial charge in [-0.1, -0.05) is 38.1 Å². The van der Waals surface area contributed by atoms with E-state index < -0.39 is 6.10 Å². The maximum atomic E-state index is 10.2. The van der Waals surface area contributed by atoms with Crippen molar-refractivity contribution >= 4 is 0 Å². The molecule has 0 radical (unpaired) electrons. The molecule has 1 rings (SSSR count). The van der Waals surface area contributed by atoms with Crippen LogP contribution in [0.5, 0.6) is 0 Å². The van der Waals surface area contributed by atoms with Crippen LogP contribution in [0.3, 0.4) is 0 Å². The van der Waals surface area contributed by atoms with Crippen LogP contribution in [0.25, 0.3) is 0 Å². The minimum atomic E-state index is -0.500. The van der Waals surface area contributed by atoms with Crippen molar-refractivity contribution < 1.29 is 10.2 Å². The number of benzene rings is 1. The molecular formula is C17H29NO2. The molecule has 20 heavy (non-hydrogen) atoms. The van der Waals surface area contributed by atoms with E-state index in [-0.39, 0.29) is 12.1 Å². The van der Waals surface area contributed by atoms with Gasteiger partial charge in [-0.2, -0.15) is 0 Å². The number of hydrogen-bond donors (Lipinski definition) is 3. The zero-order valence-corrected chi connectivity index (χ0v) is 13.1. The van der Waals surface area contributed by atoms with Crippen LogP contribution in [0, 0.1) is 5.92 Å². The quantitative estimate of drug-likeness (QED) is 0.686. The highest BCUT2D eigenvalue weighted by Gasteiger charge is 2.11. The minimum Gasteiger partial charge on any atom is -0.393 e. The summed E-state index contributed by atoms with van der Waals surface area (Å²) in [4.78, 5) is 0. The third-order valence-electron chi connectivity index (χ3n) is 3.36. The molecule has 0 saturated heterocycles. The molecule has 0 fully saturated rings. The highest BCUT2D eigenvalue weighted by molar-refractivity contribution is 5.24. The Bertz CT molecular complexity index is 373. The van der Waals surface area contributed by atoms with E-state index in [4.69, 9.17) is 0 Å². The molecule has 0 aliphatic heterocycles. The van der Waals surface area contributed by atoms with Crippen LogP contribution in [0.15, 0.2) is 24.3 Å². The lowest BCUT2D eigenvalue weighted by molar-refractivity contribution is 0.149. The second kappa shape index (κ2) is 8.40. The lowest BCUT2D eigenvalue weighted by Crippen LogP contribution is -2.32. The van der Waals surface area contributed by atoms with Crippen LogP contribution in [-0.4, -0.2) is 28.9 Å². The molecule has 3 heteroatoms. The Kier molecular flexibility index (Phi) is 7.20. The van der Waals surface area contributed by atoms with E-state index in [9.17, 15) is 10.2 Å². The van der Waals surface area contributed by atoms with Crippen LogP contribution in [0.1, 0.15) is 51.3 Å².